The van der Waals surface area contributed by atoms with E-state index in [1.54, 1.807) is 7.05 Å². The Balaban J connectivity index is 2.19. The van der Waals surface area contributed by atoms with E-state index in [0.29, 0.717) is 11.4 Å². The number of halogens is 3. The van der Waals surface area contributed by atoms with Crippen molar-refractivity contribution in [2.24, 2.45) is 7.05 Å². The highest BCUT2D eigenvalue weighted by Crippen LogP contribution is 2.33. The summed E-state index contributed by atoms with van der Waals surface area (Å²) in [6, 6.07) is 2.22. The molecule has 0 unspecified atom stereocenters. The topological polar surface area (TPSA) is 68.8 Å². The first-order chi connectivity index (χ1) is 8.89. The lowest BCUT2D eigenvalue weighted by Gasteiger charge is -2.12. The highest BCUT2D eigenvalue weighted by molar-refractivity contribution is 5.48. The third-order valence-corrected chi connectivity index (χ3v) is 2.62. The number of rotatable bonds is 3. The lowest BCUT2D eigenvalue weighted by molar-refractivity contribution is -0.137. The number of nitrogen functional groups attached to an aromatic ring is 1. The lowest BCUT2D eigenvalue weighted by Crippen LogP contribution is -2.12. The van der Waals surface area contributed by atoms with Crippen LogP contribution in [0.1, 0.15) is 11.1 Å². The van der Waals surface area contributed by atoms with E-state index in [4.69, 9.17) is 5.73 Å². The molecule has 0 bridgehead atoms. The molecule has 0 aliphatic rings. The van der Waals surface area contributed by atoms with Crippen LogP contribution < -0.4 is 11.1 Å². The van der Waals surface area contributed by atoms with Crippen LogP contribution in [0, 0.1) is 0 Å². The van der Waals surface area contributed by atoms with E-state index in [0.717, 1.165) is 6.07 Å². The Kier molecular flexibility index (Phi) is 3.32. The molecule has 3 N–H and O–H groups in total. The van der Waals surface area contributed by atoms with Crippen LogP contribution in [0.3, 0.4) is 0 Å². The molecule has 0 saturated carbocycles. The number of nitrogens with one attached hydrogen (secondary N) is 1. The number of nitrogens with zero attached hydrogens (tertiary/aromatic N) is 3. The molecule has 5 nitrogen and oxygen atoms in total. The number of pyridine rings is 1. The van der Waals surface area contributed by atoms with Gasteiger partial charge in [0.1, 0.15) is 11.6 Å². The molecule has 2 aromatic rings. The quantitative estimate of drug-likeness (QED) is 0.896. The normalized spacial score (nSPS) is 11.6. The van der Waals surface area contributed by atoms with Crippen molar-refractivity contribution >= 4 is 11.6 Å². The van der Waals surface area contributed by atoms with Gasteiger partial charge in [0.25, 0.3) is 0 Å². The van der Waals surface area contributed by atoms with Gasteiger partial charge >= 0.3 is 6.18 Å². The number of aromatic nitrogens is 3. The molecular weight excluding hydrogens is 259 g/mol. The fourth-order valence-corrected chi connectivity index (χ4v) is 1.58. The summed E-state index contributed by atoms with van der Waals surface area (Å²) in [6.07, 6.45) is -1.65. The second-order valence-electron chi connectivity index (χ2n) is 3.93. The van der Waals surface area contributed by atoms with Gasteiger partial charge in [-0.3, -0.25) is 4.68 Å². The van der Waals surface area contributed by atoms with Gasteiger partial charge in [0, 0.05) is 25.4 Å². The summed E-state index contributed by atoms with van der Waals surface area (Å²) in [6.45, 7) is 0.125. The van der Waals surface area contributed by atoms with Gasteiger partial charge in [0.05, 0.1) is 11.8 Å². The summed E-state index contributed by atoms with van der Waals surface area (Å²) in [5, 5.41) is 6.53. The monoisotopic (exact) mass is 271 g/mol. The maximum Gasteiger partial charge on any atom is 0.419 e. The number of nitrogens with two attached hydrogens (primary N) is 1. The zero-order valence-corrected chi connectivity index (χ0v) is 10.1. The molecule has 19 heavy (non-hydrogen) atoms. The fourth-order valence-electron chi connectivity index (χ4n) is 1.58. The fraction of sp³-hybridized carbons (Fsp3) is 0.273. The summed E-state index contributed by atoms with van der Waals surface area (Å²) in [5.41, 5.74) is 5.51. The third-order valence-electron chi connectivity index (χ3n) is 2.62. The Morgan fingerprint density at radius 3 is 2.74 bits per heavy atom. The second-order valence-corrected chi connectivity index (χ2v) is 3.93. The minimum absolute atomic E-state index is 0.125. The van der Waals surface area contributed by atoms with Crippen LogP contribution in [0.2, 0.25) is 0 Å². The summed E-state index contributed by atoms with van der Waals surface area (Å²) < 4.78 is 39.7. The van der Waals surface area contributed by atoms with Crippen LogP contribution in [-0.4, -0.2) is 14.8 Å². The number of hydrogen-bond acceptors (Lipinski definition) is 4. The van der Waals surface area contributed by atoms with Gasteiger partial charge in [-0.15, -0.1) is 0 Å². The zero-order valence-electron chi connectivity index (χ0n) is 10.1. The SMILES string of the molecule is Cn1ncc(CNc2ncccc2C(F)(F)F)c1N. The summed E-state index contributed by atoms with van der Waals surface area (Å²) >= 11 is 0. The number of hydrogen-bond donors (Lipinski definition) is 2. The van der Waals surface area contributed by atoms with Gasteiger partial charge in [0.15, 0.2) is 0 Å². The molecule has 0 saturated heterocycles. The first kappa shape index (κ1) is 13.2. The van der Waals surface area contributed by atoms with E-state index in [-0.39, 0.29) is 12.4 Å². The maximum atomic E-state index is 12.7. The Morgan fingerprint density at radius 1 is 1.42 bits per heavy atom. The predicted molar refractivity (Wildman–Crippen MR) is 64.2 cm³/mol. The Labute approximate surface area is 107 Å². The van der Waals surface area contributed by atoms with E-state index in [2.05, 4.69) is 15.4 Å². The highest BCUT2D eigenvalue weighted by Gasteiger charge is 2.34. The van der Waals surface area contributed by atoms with Crippen molar-refractivity contribution in [2.45, 2.75) is 12.7 Å². The number of anilines is 2. The summed E-state index contributed by atoms with van der Waals surface area (Å²) in [7, 11) is 1.65. The van der Waals surface area contributed by atoms with E-state index < -0.39 is 11.7 Å². The minimum atomic E-state index is -4.45. The van der Waals surface area contributed by atoms with Crippen LogP contribution in [0.4, 0.5) is 24.8 Å². The molecule has 0 radical (unpaired) electrons. The van der Waals surface area contributed by atoms with Gasteiger partial charge in [-0.2, -0.15) is 18.3 Å². The molecule has 102 valence electrons. The molecule has 0 aliphatic heterocycles. The van der Waals surface area contributed by atoms with Crippen molar-refractivity contribution < 1.29 is 13.2 Å². The van der Waals surface area contributed by atoms with Crippen LogP contribution >= 0.6 is 0 Å². The van der Waals surface area contributed by atoms with Gasteiger partial charge < -0.3 is 11.1 Å². The smallest absolute Gasteiger partial charge is 0.384 e. The van der Waals surface area contributed by atoms with Gasteiger partial charge in [-0.1, -0.05) is 0 Å². The first-order valence-electron chi connectivity index (χ1n) is 5.42. The Morgan fingerprint density at radius 2 is 2.16 bits per heavy atom. The van der Waals surface area contributed by atoms with Crippen LogP contribution in [0.5, 0.6) is 0 Å². The second kappa shape index (κ2) is 4.79. The standard InChI is InChI=1S/C11H12F3N5/c1-19-9(15)7(6-18-19)5-17-10-8(11(12,13)14)3-2-4-16-10/h2-4,6H,5,15H2,1H3,(H,16,17). The molecule has 2 rings (SSSR count). The third kappa shape index (κ3) is 2.78. The first-order valence-corrected chi connectivity index (χ1v) is 5.42. The summed E-state index contributed by atoms with van der Waals surface area (Å²) in [4.78, 5) is 3.70. The van der Waals surface area contributed by atoms with Gasteiger partial charge in [-0.05, 0) is 12.1 Å². The van der Waals surface area contributed by atoms with Crippen molar-refractivity contribution in [2.75, 3.05) is 11.1 Å². The molecule has 0 spiro atoms. The molecule has 2 heterocycles. The van der Waals surface area contributed by atoms with Crippen LogP contribution in [-0.2, 0) is 19.8 Å². The molecule has 0 fully saturated rings. The predicted octanol–water partition coefficient (Wildman–Crippen LogP) is 2.03. The number of alkyl halides is 3. The van der Waals surface area contributed by atoms with E-state index >= 15 is 0 Å². The van der Waals surface area contributed by atoms with Gasteiger partial charge in [0.2, 0.25) is 0 Å². The van der Waals surface area contributed by atoms with Crippen molar-refractivity contribution in [3.63, 3.8) is 0 Å². The van der Waals surface area contributed by atoms with E-state index in [1.807, 2.05) is 0 Å². The van der Waals surface area contributed by atoms with Crippen molar-refractivity contribution in [3.8, 4) is 0 Å². The van der Waals surface area contributed by atoms with Crippen molar-refractivity contribution in [1.29, 1.82) is 0 Å². The molecule has 0 atom stereocenters. The number of aryl methyl sites for hydroxylation is 1. The average Bonchev–Trinajstić information content (AvgIpc) is 2.67. The Bertz CT molecular complexity index is 576. The van der Waals surface area contributed by atoms with Crippen molar-refractivity contribution in [1.82, 2.24) is 14.8 Å². The molecule has 0 amide bonds. The molecule has 2 aromatic heterocycles. The molecular formula is C11H12F3N5. The maximum absolute atomic E-state index is 12.7. The largest absolute Gasteiger partial charge is 0.419 e. The van der Waals surface area contributed by atoms with E-state index in [1.165, 1.54) is 23.1 Å². The summed E-state index contributed by atoms with van der Waals surface area (Å²) in [5.74, 6) is 0.176. The lowest BCUT2D eigenvalue weighted by atomic mass is 10.2. The molecule has 0 aromatic carbocycles. The minimum Gasteiger partial charge on any atom is -0.384 e. The Hall–Kier alpha value is -2.25. The van der Waals surface area contributed by atoms with Crippen LogP contribution in [0.15, 0.2) is 24.5 Å². The van der Waals surface area contributed by atoms with Crippen molar-refractivity contribution in [3.05, 3.63) is 35.7 Å². The van der Waals surface area contributed by atoms with Crippen LogP contribution in [0.25, 0.3) is 0 Å². The van der Waals surface area contributed by atoms with E-state index in [9.17, 15) is 13.2 Å². The molecule has 0 aliphatic carbocycles. The molecule has 8 heteroatoms. The highest BCUT2D eigenvalue weighted by atomic mass is 19.4. The van der Waals surface area contributed by atoms with Gasteiger partial charge in [-0.25, -0.2) is 4.98 Å². The average molecular weight is 271 g/mol. The zero-order chi connectivity index (χ0) is 14.0.